The van der Waals surface area contributed by atoms with E-state index in [0.29, 0.717) is 13.1 Å². The molecule has 1 aliphatic rings. The van der Waals surface area contributed by atoms with E-state index >= 15 is 0 Å². The number of amides is 1. The predicted molar refractivity (Wildman–Crippen MR) is 84.9 cm³/mol. The Labute approximate surface area is 139 Å². The molecule has 23 heavy (non-hydrogen) atoms. The number of carbonyl (C=O) groups is 2. The highest BCUT2D eigenvalue weighted by atomic mass is 32.2. The molecule has 1 N–H and O–H groups in total. The Balaban J connectivity index is 2.06. The van der Waals surface area contributed by atoms with Gasteiger partial charge in [-0.1, -0.05) is 0 Å². The highest BCUT2D eigenvalue weighted by Gasteiger charge is 2.31. The van der Waals surface area contributed by atoms with Crippen LogP contribution < -0.4 is 5.32 Å². The first-order valence-electron chi connectivity index (χ1n) is 6.99. The van der Waals surface area contributed by atoms with Gasteiger partial charge >= 0.3 is 5.97 Å². The molecule has 1 aromatic heterocycles. The summed E-state index contributed by atoms with van der Waals surface area (Å²) >= 11 is 0.988. The van der Waals surface area contributed by atoms with Crippen LogP contribution in [0.15, 0.2) is 15.7 Å². The van der Waals surface area contributed by atoms with Gasteiger partial charge < -0.3 is 15.0 Å². The molecule has 2 heterocycles. The van der Waals surface area contributed by atoms with Gasteiger partial charge in [-0.25, -0.2) is 13.2 Å². The molecule has 1 aliphatic heterocycles. The van der Waals surface area contributed by atoms with Gasteiger partial charge in [-0.2, -0.15) is 4.31 Å². The van der Waals surface area contributed by atoms with E-state index in [1.54, 1.807) is 11.9 Å². The highest BCUT2D eigenvalue weighted by Crippen LogP contribution is 2.25. The minimum absolute atomic E-state index is 0.0475. The maximum absolute atomic E-state index is 12.6. The Hall–Kier alpha value is -1.49. The third kappa shape index (κ3) is 3.89. The number of nitrogens with one attached hydrogen (secondary N) is 1. The van der Waals surface area contributed by atoms with Gasteiger partial charge in [0, 0.05) is 31.6 Å². The molecule has 1 fully saturated rings. The molecule has 2 rings (SSSR count). The average molecular weight is 361 g/mol. The first-order chi connectivity index (χ1) is 10.9. The molecule has 1 amide bonds. The SMILES string of the molecule is CNCC(=O)N1CCN(S(=O)(=O)c2cc(C(=O)OC)cs2)CC1. The van der Waals surface area contributed by atoms with Gasteiger partial charge in [0.15, 0.2) is 0 Å². The standard InChI is InChI=1S/C13H19N3O5S2/c1-14-8-11(17)15-3-5-16(6-4-15)23(19,20)12-7-10(9-22-12)13(18)21-2/h7,9,14H,3-6,8H2,1-2H3. The van der Waals surface area contributed by atoms with Crippen LogP contribution in [0.2, 0.25) is 0 Å². The van der Waals surface area contributed by atoms with Crippen LogP contribution in [0.3, 0.4) is 0 Å². The molecule has 0 aromatic carbocycles. The summed E-state index contributed by atoms with van der Waals surface area (Å²) in [6, 6.07) is 1.32. The first kappa shape index (κ1) is 17.9. The van der Waals surface area contributed by atoms with Crippen molar-refractivity contribution in [3.05, 3.63) is 17.0 Å². The number of ether oxygens (including phenoxy) is 1. The van der Waals surface area contributed by atoms with Crippen LogP contribution in [-0.4, -0.2) is 76.4 Å². The normalized spacial score (nSPS) is 16.3. The number of likely N-dealkylation sites (N-methyl/N-ethyl adjacent to an activating group) is 1. The van der Waals surface area contributed by atoms with Crippen LogP contribution in [-0.2, 0) is 19.6 Å². The molecule has 1 saturated heterocycles. The fourth-order valence-electron chi connectivity index (χ4n) is 2.24. The number of piperazine rings is 1. The Morgan fingerprint density at radius 2 is 1.96 bits per heavy atom. The third-order valence-electron chi connectivity index (χ3n) is 3.51. The smallest absolute Gasteiger partial charge is 0.338 e. The second-order valence-corrected chi connectivity index (χ2v) is 8.04. The minimum atomic E-state index is -3.65. The molecule has 0 saturated carbocycles. The number of rotatable bonds is 5. The van der Waals surface area contributed by atoms with Crippen molar-refractivity contribution in [2.75, 3.05) is 46.9 Å². The topological polar surface area (TPSA) is 96.0 Å². The summed E-state index contributed by atoms with van der Waals surface area (Å²) in [5, 5.41) is 4.25. The van der Waals surface area contributed by atoms with Crippen molar-refractivity contribution < 1.29 is 22.7 Å². The Morgan fingerprint density at radius 1 is 1.30 bits per heavy atom. The number of hydrogen-bond acceptors (Lipinski definition) is 7. The fourth-order valence-corrected chi connectivity index (χ4v) is 4.97. The number of sulfonamides is 1. The lowest BCUT2D eigenvalue weighted by Crippen LogP contribution is -2.51. The molecule has 1 aromatic rings. The first-order valence-corrected chi connectivity index (χ1v) is 9.31. The summed E-state index contributed by atoms with van der Waals surface area (Å²) in [6.45, 7) is 1.43. The summed E-state index contributed by atoms with van der Waals surface area (Å²) in [5.41, 5.74) is 0.221. The van der Waals surface area contributed by atoms with Crippen LogP contribution in [0.25, 0.3) is 0 Å². The van der Waals surface area contributed by atoms with E-state index in [0.717, 1.165) is 11.3 Å². The van der Waals surface area contributed by atoms with Crippen LogP contribution in [0, 0.1) is 0 Å². The molecule has 0 aliphatic carbocycles. The van der Waals surface area contributed by atoms with Crippen molar-refractivity contribution in [1.82, 2.24) is 14.5 Å². The summed E-state index contributed by atoms with van der Waals surface area (Å²) in [5.74, 6) is -0.612. The molecule has 128 valence electrons. The second kappa shape index (κ2) is 7.39. The number of carbonyl (C=O) groups excluding carboxylic acids is 2. The molecule has 0 radical (unpaired) electrons. The number of thiophene rings is 1. The summed E-state index contributed by atoms with van der Waals surface area (Å²) in [7, 11) is -0.719. The van der Waals surface area contributed by atoms with Gasteiger partial charge in [0.25, 0.3) is 10.0 Å². The predicted octanol–water partition coefficient (Wildman–Crippen LogP) is -0.413. The molecule has 10 heteroatoms. The fraction of sp³-hybridized carbons (Fsp3) is 0.538. The molecule has 8 nitrogen and oxygen atoms in total. The van der Waals surface area contributed by atoms with Crippen molar-refractivity contribution in [1.29, 1.82) is 0 Å². The van der Waals surface area contributed by atoms with E-state index in [2.05, 4.69) is 10.1 Å². The number of methoxy groups -OCH3 is 1. The molecular weight excluding hydrogens is 342 g/mol. The lowest BCUT2D eigenvalue weighted by atomic mass is 10.3. The summed E-state index contributed by atoms with van der Waals surface area (Å²) < 4.78 is 31.2. The number of esters is 1. The third-order valence-corrected chi connectivity index (χ3v) is 6.82. The van der Waals surface area contributed by atoms with Crippen molar-refractivity contribution in [2.45, 2.75) is 4.21 Å². The number of nitrogens with zero attached hydrogens (tertiary/aromatic N) is 2. The quantitative estimate of drug-likeness (QED) is 0.716. The average Bonchev–Trinajstić information content (AvgIpc) is 3.05. The summed E-state index contributed by atoms with van der Waals surface area (Å²) in [4.78, 5) is 24.9. The van der Waals surface area contributed by atoms with Gasteiger partial charge in [0.1, 0.15) is 4.21 Å². The van der Waals surface area contributed by atoms with Gasteiger partial charge in [0.2, 0.25) is 5.91 Å². The zero-order valence-corrected chi connectivity index (χ0v) is 14.6. The second-order valence-electron chi connectivity index (χ2n) is 4.96. The van der Waals surface area contributed by atoms with Gasteiger partial charge in [-0.05, 0) is 13.1 Å². The largest absolute Gasteiger partial charge is 0.465 e. The van der Waals surface area contributed by atoms with E-state index in [1.165, 1.54) is 22.9 Å². The van der Waals surface area contributed by atoms with Crippen LogP contribution in [0.5, 0.6) is 0 Å². The van der Waals surface area contributed by atoms with Crippen LogP contribution in [0.1, 0.15) is 10.4 Å². The Bertz CT molecular complexity index is 678. The molecular formula is C13H19N3O5S2. The van der Waals surface area contributed by atoms with Crippen molar-refractivity contribution in [3.8, 4) is 0 Å². The van der Waals surface area contributed by atoms with Crippen molar-refractivity contribution >= 4 is 33.2 Å². The van der Waals surface area contributed by atoms with Crippen LogP contribution in [0.4, 0.5) is 0 Å². The van der Waals surface area contributed by atoms with Crippen molar-refractivity contribution in [2.24, 2.45) is 0 Å². The highest BCUT2D eigenvalue weighted by molar-refractivity contribution is 7.91. The molecule has 0 bridgehead atoms. The maximum atomic E-state index is 12.6. The zero-order chi connectivity index (χ0) is 17.0. The van der Waals surface area contributed by atoms with E-state index in [-0.39, 0.29) is 35.3 Å². The van der Waals surface area contributed by atoms with E-state index < -0.39 is 16.0 Å². The van der Waals surface area contributed by atoms with Crippen LogP contribution >= 0.6 is 11.3 Å². The minimum Gasteiger partial charge on any atom is -0.465 e. The van der Waals surface area contributed by atoms with E-state index in [4.69, 9.17) is 0 Å². The Morgan fingerprint density at radius 3 is 2.52 bits per heavy atom. The van der Waals surface area contributed by atoms with E-state index in [9.17, 15) is 18.0 Å². The lowest BCUT2D eigenvalue weighted by molar-refractivity contribution is -0.131. The Kier molecular flexibility index (Phi) is 5.74. The monoisotopic (exact) mass is 361 g/mol. The number of hydrogen-bond donors (Lipinski definition) is 1. The van der Waals surface area contributed by atoms with E-state index in [1.807, 2.05) is 0 Å². The van der Waals surface area contributed by atoms with Gasteiger partial charge in [0.05, 0.1) is 19.2 Å². The zero-order valence-electron chi connectivity index (χ0n) is 12.9. The van der Waals surface area contributed by atoms with Crippen molar-refractivity contribution in [3.63, 3.8) is 0 Å². The van der Waals surface area contributed by atoms with Gasteiger partial charge in [-0.15, -0.1) is 11.3 Å². The summed E-state index contributed by atoms with van der Waals surface area (Å²) in [6.07, 6.45) is 0. The maximum Gasteiger partial charge on any atom is 0.338 e. The molecule has 0 atom stereocenters. The lowest BCUT2D eigenvalue weighted by Gasteiger charge is -2.33. The molecule has 0 unspecified atom stereocenters. The molecule has 0 spiro atoms. The van der Waals surface area contributed by atoms with Gasteiger partial charge in [-0.3, -0.25) is 4.79 Å².